The largest absolute Gasteiger partial charge is 0.368 e. The lowest BCUT2D eigenvalue weighted by Gasteiger charge is -2.37. The predicted molar refractivity (Wildman–Crippen MR) is 104 cm³/mol. The van der Waals surface area contributed by atoms with E-state index in [0.717, 1.165) is 61.8 Å². The molecule has 1 aromatic heterocycles. The van der Waals surface area contributed by atoms with Gasteiger partial charge in [0.1, 0.15) is 17.5 Å². The van der Waals surface area contributed by atoms with Crippen LogP contribution in [0, 0.1) is 6.92 Å². The van der Waals surface area contributed by atoms with Gasteiger partial charge in [0.15, 0.2) is 0 Å². The molecule has 3 heterocycles. The van der Waals surface area contributed by atoms with Crippen LogP contribution in [0.2, 0.25) is 5.02 Å². The van der Waals surface area contributed by atoms with Gasteiger partial charge in [-0.05, 0) is 38.0 Å². The fourth-order valence-electron chi connectivity index (χ4n) is 3.67. The van der Waals surface area contributed by atoms with Gasteiger partial charge in [0.05, 0.1) is 0 Å². The number of hydrogen-bond donors (Lipinski definition) is 0. The summed E-state index contributed by atoms with van der Waals surface area (Å²) in [5, 5.41) is 0.793. The highest BCUT2D eigenvalue weighted by Crippen LogP contribution is 2.25. The Kier molecular flexibility index (Phi) is 4.66. The third-order valence-electron chi connectivity index (χ3n) is 5.02. The topological polar surface area (TPSA) is 35.5 Å². The molecule has 2 fully saturated rings. The number of aryl methyl sites for hydroxylation is 1. The Balaban J connectivity index is 1.47. The number of benzene rings is 1. The molecular formula is C19H24ClN5. The van der Waals surface area contributed by atoms with Gasteiger partial charge < -0.3 is 14.7 Å². The van der Waals surface area contributed by atoms with Crippen molar-refractivity contribution in [2.45, 2.75) is 19.8 Å². The Labute approximate surface area is 154 Å². The van der Waals surface area contributed by atoms with Crippen molar-refractivity contribution in [3.8, 4) is 0 Å². The van der Waals surface area contributed by atoms with E-state index in [2.05, 4.69) is 36.8 Å². The molecule has 1 aromatic carbocycles. The van der Waals surface area contributed by atoms with Crippen molar-refractivity contribution >= 4 is 28.9 Å². The molecule has 0 atom stereocenters. The maximum atomic E-state index is 6.13. The Morgan fingerprint density at radius 2 is 1.40 bits per heavy atom. The molecular weight excluding hydrogens is 334 g/mol. The maximum Gasteiger partial charge on any atom is 0.134 e. The monoisotopic (exact) mass is 357 g/mol. The second-order valence-corrected chi connectivity index (χ2v) is 7.22. The van der Waals surface area contributed by atoms with E-state index in [1.807, 2.05) is 25.1 Å². The summed E-state index contributed by atoms with van der Waals surface area (Å²) in [5.74, 6) is 2.99. The van der Waals surface area contributed by atoms with Crippen molar-refractivity contribution in [1.29, 1.82) is 0 Å². The highest BCUT2D eigenvalue weighted by Gasteiger charge is 2.21. The van der Waals surface area contributed by atoms with Gasteiger partial charge in [0.2, 0.25) is 0 Å². The Hall–Kier alpha value is -2.01. The van der Waals surface area contributed by atoms with Crippen LogP contribution in [0.3, 0.4) is 0 Å². The van der Waals surface area contributed by atoms with Gasteiger partial charge in [0.25, 0.3) is 0 Å². The van der Waals surface area contributed by atoms with Crippen molar-refractivity contribution in [2.75, 3.05) is 54.0 Å². The standard InChI is InChI=1S/C19H24ClN5/c1-15-21-18(24-7-2-3-8-24)14-19(22-15)25-11-9-23(10-12-25)17-6-4-5-16(20)13-17/h4-6,13-14H,2-3,7-12H2,1H3. The number of halogens is 1. The lowest BCUT2D eigenvalue weighted by molar-refractivity contribution is 0.645. The Morgan fingerprint density at radius 1 is 0.800 bits per heavy atom. The summed E-state index contributed by atoms with van der Waals surface area (Å²) < 4.78 is 0. The molecule has 2 aliphatic heterocycles. The van der Waals surface area contributed by atoms with Crippen LogP contribution >= 0.6 is 11.6 Å². The van der Waals surface area contributed by atoms with Crippen molar-refractivity contribution in [1.82, 2.24) is 9.97 Å². The molecule has 0 aliphatic carbocycles. The van der Waals surface area contributed by atoms with Gasteiger partial charge in [-0.3, -0.25) is 0 Å². The number of hydrogen-bond acceptors (Lipinski definition) is 5. The third kappa shape index (κ3) is 3.66. The molecule has 132 valence electrons. The van der Waals surface area contributed by atoms with Gasteiger partial charge in [0, 0.05) is 56.0 Å². The molecule has 2 aromatic rings. The summed E-state index contributed by atoms with van der Waals surface area (Å²) in [6.45, 7) is 8.08. The first-order valence-corrected chi connectivity index (χ1v) is 9.43. The second-order valence-electron chi connectivity index (χ2n) is 6.78. The molecule has 0 saturated carbocycles. The highest BCUT2D eigenvalue weighted by atomic mass is 35.5. The van der Waals surface area contributed by atoms with Crippen LogP contribution in [0.1, 0.15) is 18.7 Å². The van der Waals surface area contributed by atoms with Crippen LogP contribution in [-0.2, 0) is 0 Å². The van der Waals surface area contributed by atoms with E-state index in [1.165, 1.54) is 18.5 Å². The average Bonchev–Trinajstić information content (AvgIpc) is 3.16. The van der Waals surface area contributed by atoms with Crippen molar-refractivity contribution < 1.29 is 0 Å². The van der Waals surface area contributed by atoms with Gasteiger partial charge in [-0.15, -0.1) is 0 Å². The van der Waals surface area contributed by atoms with Crippen LogP contribution < -0.4 is 14.7 Å². The fourth-order valence-corrected chi connectivity index (χ4v) is 3.86. The molecule has 0 N–H and O–H groups in total. The van der Waals surface area contributed by atoms with E-state index < -0.39 is 0 Å². The summed E-state index contributed by atoms with van der Waals surface area (Å²) in [5.41, 5.74) is 1.20. The summed E-state index contributed by atoms with van der Waals surface area (Å²) in [7, 11) is 0. The zero-order chi connectivity index (χ0) is 17.2. The van der Waals surface area contributed by atoms with Crippen LogP contribution in [0.4, 0.5) is 17.3 Å². The van der Waals surface area contributed by atoms with Crippen LogP contribution in [-0.4, -0.2) is 49.2 Å². The van der Waals surface area contributed by atoms with Gasteiger partial charge in [-0.1, -0.05) is 17.7 Å². The van der Waals surface area contributed by atoms with Gasteiger partial charge in [-0.25, -0.2) is 9.97 Å². The first-order chi connectivity index (χ1) is 12.2. The molecule has 25 heavy (non-hydrogen) atoms. The summed E-state index contributed by atoms with van der Waals surface area (Å²) in [6, 6.07) is 10.3. The van der Waals surface area contributed by atoms with E-state index >= 15 is 0 Å². The van der Waals surface area contributed by atoms with Crippen molar-refractivity contribution in [3.05, 3.63) is 41.2 Å². The SMILES string of the molecule is Cc1nc(N2CCCC2)cc(N2CCN(c3cccc(Cl)c3)CC2)n1. The fraction of sp³-hybridized carbons (Fsp3) is 0.474. The van der Waals surface area contributed by atoms with Crippen molar-refractivity contribution in [3.63, 3.8) is 0 Å². The number of piperazine rings is 1. The smallest absolute Gasteiger partial charge is 0.134 e. The maximum absolute atomic E-state index is 6.13. The van der Waals surface area contributed by atoms with E-state index in [9.17, 15) is 0 Å². The Morgan fingerprint density at radius 3 is 2.04 bits per heavy atom. The molecule has 0 amide bonds. The molecule has 0 radical (unpaired) electrons. The van der Waals surface area contributed by atoms with Crippen LogP contribution in [0.15, 0.2) is 30.3 Å². The van der Waals surface area contributed by atoms with E-state index in [0.29, 0.717) is 0 Å². The molecule has 5 nitrogen and oxygen atoms in total. The Bertz CT molecular complexity index is 736. The number of anilines is 3. The minimum absolute atomic E-state index is 0.793. The van der Waals surface area contributed by atoms with E-state index in [-0.39, 0.29) is 0 Å². The quantitative estimate of drug-likeness (QED) is 0.841. The summed E-state index contributed by atoms with van der Waals surface area (Å²) >= 11 is 6.13. The predicted octanol–water partition coefficient (Wildman–Crippen LogP) is 3.37. The van der Waals surface area contributed by atoms with Crippen LogP contribution in [0.5, 0.6) is 0 Å². The number of rotatable bonds is 3. The number of aromatic nitrogens is 2. The highest BCUT2D eigenvalue weighted by molar-refractivity contribution is 6.30. The summed E-state index contributed by atoms with van der Waals surface area (Å²) in [6.07, 6.45) is 2.52. The second kappa shape index (κ2) is 7.08. The normalized spacial score (nSPS) is 18.1. The minimum Gasteiger partial charge on any atom is -0.368 e. The minimum atomic E-state index is 0.793. The summed E-state index contributed by atoms with van der Waals surface area (Å²) in [4.78, 5) is 16.5. The van der Waals surface area contributed by atoms with E-state index in [1.54, 1.807) is 0 Å². The molecule has 2 aliphatic rings. The van der Waals surface area contributed by atoms with Crippen molar-refractivity contribution in [2.24, 2.45) is 0 Å². The first-order valence-electron chi connectivity index (χ1n) is 9.05. The van der Waals surface area contributed by atoms with Gasteiger partial charge >= 0.3 is 0 Å². The lowest BCUT2D eigenvalue weighted by atomic mass is 10.2. The third-order valence-corrected chi connectivity index (χ3v) is 5.25. The first kappa shape index (κ1) is 16.5. The average molecular weight is 358 g/mol. The number of nitrogens with zero attached hydrogens (tertiary/aromatic N) is 5. The van der Waals surface area contributed by atoms with Gasteiger partial charge in [-0.2, -0.15) is 0 Å². The molecule has 0 unspecified atom stereocenters. The van der Waals surface area contributed by atoms with E-state index in [4.69, 9.17) is 11.6 Å². The molecule has 0 spiro atoms. The lowest BCUT2D eigenvalue weighted by Crippen LogP contribution is -2.47. The van der Waals surface area contributed by atoms with Crippen LogP contribution in [0.25, 0.3) is 0 Å². The zero-order valence-corrected chi connectivity index (χ0v) is 15.4. The molecule has 2 saturated heterocycles. The zero-order valence-electron chi connectivity index (χ0n) is 14.7. The molecule has 0 bridgehead atoms. The molecule has 4 rings (SSSR count). The molecule has 6 heteroatoms.